The third kappa shape index (κ3) is 3.67. The number of hydrazine groups is 1. The van der Waals surface area contributed by atoms with E-state index in [0.29, 0.717) is 5.75 Å². The second-order valence-electron chi connectivity index (χ2n) is 8.81. The quantitative estimate of drug-likeness (QED) is 0.198. The second kappa shape index (κ2) is 8.46. The van der Waals surface area contributed by atoms with Crippen LogP contribution in [0, 0.1) is 33.8 Å². The summed E-state index contributed by atoms with van der Waals surface area (Å²) in [7, 11) is 1.46. The molecule has 2 aromatic carbocycles. The first-order valence-electron chi connectivity index (χ1n) is 11.1. The minimum absolute atomic E-state index is 0.00722. The highest BCUT2D eigenvalue weighted by atomic mass is 16.6. The van der Waals surface area contributed by atoms with Crippen molar-refractivity contribution in [2.75, 3.05) is 13.7 Å². The van der Waals surface area contributed by atoms with Crippen molar-refractivity contribution in [3.8, 4) is 5.75 Å². The molecule has 2 aromatic rings. The number of ether oxygens (including phenoxy) is 1. The maximum Gasteiger partial charge on any atom is 0.273 e. The molecule has 2 bridgehead atoms. The Morgan fingerprint density at radius 3 is 2.23 bits per heavy atom. The largest absolute Gasteiger partial charge is 0.497 e. The number of ketones is 1. The lowest BCUT2D eigenvalue weighted by molar-refractivity contribution is -0.384. The molecule has 10 nitrogen and oxygen atoms in total. The normalized spacial score (nSPS) is 24.0. The van der Waals surface area contributed by atoms with Crippen LogP contribution in [0.4, 0.5) is 5.69 Å². The van der Waals surface area contributed by atoms with Gasteiger partial charge in [0.1, 0.15) is 12.3 Å². The average molecular weight is 475 g/mol. The molecule has 0 aromatic heterocycles. The van der Waals surface area contributed by atoms with E-state index in [1.54, 1.807) is 18.2 Å². The number of non-ortho nitro benzene ring substituents is 1. The summed E-state index contributed by atoms with van der Waals surface area (Å²) in [6, 6.07) is 11.1. The van der Waals surface area contributed by atoms with E-state index in [-0.39, 0.29) is 28.7 Å². The summed E-state index contributed by atoms with van der Waals surface area (Å²) in [4.78, 5) is 63.8. The molecule has 3 aliphatic rings. The van der Waals surface area contributed by atoms with E-state index < -0.39 is 46.8 Å². The Labute approximate surface area is 199 Å². The fourth-order valence-electron chi connectivity index (χ4n) is 5.26. The monoisotopic (exact) mass is 475 g/mol. The zero-order valence-corrected chi connectivity index (χ0v) is 18.7. The molecule has 35 heavy (non-hydrogen) atoms. The third-order valence-corrected chi connectivity index (χ3v) is 6.93. The average Bonchev–Trinajstić information content (AvgIpc) is 3.56. The summed E-state index contributed by atoms with van der Waals surface area (Å²) in [5.74, 6) is -3.12. The van der Waals surface area contributed by atoms with E-state index >= 15 is 0 Å². The van der Waals surface area contributed by atoms with Gasteiger partial charge in [0, 0.05) is 23.3 Å². The van der Waals surface area contributed by atoms with Gasteiger partial charge in [-0.05, 0) is 42.5 Å². The number of imide groups is 1. The molecule has 1 heterocycles. The standard InChI is InChI=1S/C25H21N3O7/c1-35-19-4-2-3-15(12-19)20(29)13-26(23(30)14-7-9-18(10-8-14)28(33)34)27-24(31)21-16-5-6-17(11-16)22(21)25(27)32/h2-10,12,16-17,21-22H,11,13H2,1H3/t16-,17-,21+,22+/m0/s1. The molecule has 0 unspecified atom stereocenters. The number of nitrogens with zero attached hydrogens (tertiary/aromatic N) is 3. The molecule has 2 aliphatic carbocycles. The van der Waals surface area contributed by atoms with Crippen LogP contribution in [-0.2, 0) is 9.59 Å². The van der Waals surface area contributed by atoms with Crippen molar-refractivity contribution in [1.29, 1.82) is 0 Å². The summed E-state index contributed by atoms with van der Waals surface area (Å²) in [5, 5.41) is 12.7. The first kappa shape index (κ1) is 22.5. The topological polar surface area (TPSA) is 127 Å². The predicted octanol–water partition coefficient (Wildman–Crippen LogP) is 2.65. The number of methoxy groups -OCH3 is 1. The summed E-state index contributed by atoms with van der Waals surface area (Å²) in [5.41, 5.74) is 0.0331. The Morgan fingerprint density at radius 2 is 1.66 bits per heavy atom. The van der Waals surface area contributed by atoms with Gasteiger partial charge in [-0.1, -0.05) is 24.3 Å². The molecular weight excluding hydrogens is 454 g/mol. The van der Waals surface area contributed by atoms with Gasteiger partial charge < -0.3 is 4.74 Å². The number of fused-ring (bicyclic) bond motifs is 5. The van der Waals surface area contributed by atoms with Gasteiger partial charge in [0.15, 0.2) is 5.78 Å². The lowest BCUT2D eigenvalue weighted by atomic mass is 9.85. The first-order chi connectivity index (χ1) is 16.8. The van der Waals surface area contributed by atoms with Crippen molar-refractivity contribution in [3.63, 3.8) is 0 Å². The van der Waals surface area contributed by atoms with Gasteiger partial charge in [0.2, 0.25) is 0 Å². The molecular formula is C25H21N3O7. The predicted molar refractivity (Wildman–Crippen MR) is 121 cm³/mol. The number of hydrogen-bond acceptors (Lipinski definition) is 7. The Morgan fingerprint density at radius 1 is 1.03 bits per heavy atom. The van der Waals surface area contributed by atoms with Crippen molar-refractivity contribution in [2.24, 2.45) is 23.7 Å². The molecule has 0 radical (unpaired) electrons. The molecule has 2 fully saturated rings. The summed E-state index contributed by atoms with van der Waals surface area (Å²) in [6.07, 6.45) is 4.59. The molecule has 0 N–H and O–H groups in total. The van der Waals surface area contributed by atoms with Crippen molar-refractivity contribution in [2.45, 2.75) is 6.42 Å². The van der Waals surface area contributed by atoms with E-state index in [1.807, 2.05) is 12.2 Å². The van der Waals surface area contributed by atoms with Gasteiger partial charge in [-0.15, -0.1) is 0 Å². The number of rotatable bonds is 7. The van der Waals surface area contributed by atoms with Gasteiger partial charge in [-0.2, -0.15) is 5.01 Å². The van der Waals surface area contributed by atoms with E-state index in [9.17, 15) is 29.3 Å². The zero-order valence-electron chi connectivity index (χ0n) is 18.7. The molecule has 4 atom stereocenters. The molecule has 1 aliphatic heterocycles. The Kier molecular flexibility index (Phi) is 5.43. The van der Waals surface area contributed by atoms with Crippen molar-refractivity contribution in [1.82, 2.24) is 10.0 Å². The van der Waals surface area contributed by atoms with Gasteiger partial charge in [0.25, 0.3) is 23.4 Å². The van der Waals surface area contributed by atoms with E-state index in [2.05, 4.69) is 0 Å². The molecule has 0 spiro atoms. The number of allylic oxidation sites excluding steroid dienone is 2. The van der Waals surface area contributed by atoms with E-state index in [1.165, 1.54) is 25.3 Å². The number of nitro groups is 1. The van der Waals surface area contributed by atoms with E-state index in [4.69, 9.17) is 4.74 Å². The molecule has 5 rings (SSSR count). The minimum Gasteiger partial charge on any atom is -0.497 e. The maximum absolute atomic E-state index is 13.5. The minimum atomic E-state index is -0.780. The van der Waals surface area contributed by atoms with Crippen LogP contribution in [0.3, 0.4) is 0 Å². The molecule has 3 amide bonds. The first-order valence-corrected chi connectivity index (χ1v) is 11.1. The maximum atomic E-state index is 13.5. The molecule has 1 saturated heterocycles. The number of carbonyl (C=O) groups excluding carboxylic acids is 4. The second-order valence-corrected chi connectivity index (χ2v) is 8.81. The van der Waals surface area contributed by atoms with Gasteiger partial charge in [-0.25, -0.2) is 5.01 Å². The SMILES string of the molecule is COc1cccc(C(=O)CN(C(=O)c2ccc([N+](=O)[O-])cc2)N2C(=O)[C@H]3[C@H](C2=O)[C@H]2C=C[C@H]3C2)c1. The van der Waals surface area contributed by atoms with Gasteiger partial charge in [-0.3, -0.25) is 29.3 Å². The Bertz CT molecular complexity index is 1260. The Hall–Kier alpha value is -4.34. The summed E-state index contributed by atoms with van der Waals surface area (Å²) >= 11 is 0. The third-order valence-electron chi connectivity index (χ3n) is 6.93. The fraction of sp³-hybridized carbons (Fsp3) is 0.280. The lowest BCUT2D eigenvalue weighted by Crippen LogP contribution is -2.52. The highest BCUT2D eigenvalue weighted by Gasteiger charge is 2.61. The highest BCUT2D eigenvalue weighted by Crippen LogP contribution is 2.52. The number of Topliss-reactive ketones (excluding diaryl/α,β-unsaturated/α-hetero) is 1. The highest BCUT2D eigenvalue weighted by molar-refractivity contribution is 6.10. The lowest BCUT2D eigenvalue weighted by Gasteiger charge is -2.30. The molecule has 1 saturated carbocycles. The molecule has 10 heteroatoms. The van der Waals surface area contributed by atoms with Crippen LogP contribution < -0.4 is 4.74 Å². The van der Waals surface area contributed by atoms with E-state index in [0.717, 1.165) is 28.6 Å². The number of nitro benzene ring substituents is 1. The number of hydrogen-bond donors (Lipinski definition) is 0. The number of carbonyl (C=O) groups is 4. The van der Waals surface area contributed by atoms with Crippen molar-refractivity contribution in [3.05, 3.63) is 81.9 Å². The van der Waals surface area contributed by atoms with Gasteiger partial charge >= 0.3 is 0 Å². The van der Waals surface area contributed by atoms with Crippen LogP contribution in [0.25, 0.3) is 0 Å². The molecule has 178 valence electrons. The Balaban J connectivity index is 1.49. The van der Waals surface area contributed by atoms with Crippen LogP contribution in [0.15, 0.2) is 60.7 Å². The number of benzene rings is 2. The summed E-state index contributed by atoms with van der Waals surface area (Å²) < 4.78 is 5.16. The summed E-state index contributed by atoms with van der Waals surface area (Å²) in [6.45, 7) is -0.567. The zero-order chi connectivity index (χ0) is 24.9. The number of amides is 3. The van der Waals surface area contributed by atoms with Crippen LogP contribution in [-0.4, -0.2) is 52.1 Å². The van der Waals surface area contributed by atoms with Crippen LogP contribution in [0.2, 0.25) is 0 Å². The van der Waals surface area contributed by atoms with Crippen molar-refractivity contribution >= 4 is 29.2 Å². The fourth-order valence-corrected chi connectivity index (χ4v) is 5.26. The van der Waals surface area contributed by atoms with Crippen molar-refractivity contribution < 1.29 is 28.8 Å². The van der Waals surface area contributed by atoms with Gasteiger partial charge in [0.05, 0.1) is 23.9 Å². The van der Waals surface area contributed by atoms with Crippen LogP contribution in [0.1, 0.15) is 27.1 Å². The smallest absolute Gasteiger partial charge is 0.273 e. The van der Waals surface area contributed by atoms with Crippen LogP contribution in [0.5, 0.6) is 5.75 Å². The van der Waals surface area contributed by atoms with Crippen LogP contribution >= 0.6 is 0 Å².